The van der Waals surface area contributed by atoms with Gasteiger partial charge in [0.1, 0.15) is 12.1 Å². The minimum atomic E-state index is -1.33. The third-order valence-electron chi connectivity index (χ3n) is 9.45. The zero-order valence-electron chi connectivity index (χ0n) is 32.8. The van der Waals surface area contributed by atoms with Crippen molar-refractivity contribution in [2.24, 2.45) is 11.8 Å². The summed E-state index contributed by atoms with van der Waals surface area (Å²) < 4.78 is 0. The lowest BCUT2D eigenvalue weighted by molar-refractivity contribution is -0.141. The molecule has 1 aromatic heterocycles. The molecule has 12 heteroatoms. The maximum Gasteiger partial charge on any atom is 0.257 e. The van der Waals surface area contributed by atoms with E-state index in [-0.39, 0.29) is 43.6 Å². The predicted octanol–water partition coefficient (Wildman–Crippen LogP) is 4.79. The summed E-state index contributed by atoms with van der Waals surface area (Å²) in [6.07, 6.45) is 3.38. The molecule has 0 aliphatic heterocycles. The highest BCUT2D eigenvalue weighted by atomic mass is 16.3. The predicted molar refractivity (Wildman–Crippen MR) is 215 cm³/mol. The van der Waals surface area contributed by atoms with Crippen LogP contribution >= 0.6 is 0 Å². The van der Waals surface area contributed by atoms with Gasteiger partial charge in [0.2, 0.25) is 23.6 Å². The van der Waals surface area contributed by atoms with Crippen molar-refractivity contribution in [3.8, 4) is 0 Å². The summed E-state index contributed by atoms with van der Waals surface area (Å²) in [5, 5.41) is 19.6. The fourth-order valence-corrected chi connectivity index (χ4v) is 6.58. The Labute approximate surface area is 329 Å². The number of H-pyrrole nitrogens is 1. The molecule has 5 amide bonds. The first-order valence-corrected chi connectivity index (χ1v) is 19.4. The number of benzene rings is 3. The van der Waals surface area contributed by atoms with Gasteiger partial charge in [0.25, 0.3) is 5.91 Å². The summed E-state index contributed by atoms with van der Waals surface area (Å²) in [6, 6.07) is 24.9. The molecule has 0 saturated heterocycles. The number of aliphatic hydroxyl groups is 1. The van der Waals surface area contributed by atoms with Gasteiger partial charge in [-0.2, -0.15) is 0 Å². The molecule has 0 aliphatic carbocycles. The summed E-state index contributed by atoms with van der Waals surface area (Å²) in [5.41, 5.74) is 2.92. The Hall–Kier alpha value is -5.62. The Morgan fingerprint density at radius 3 is 1.91 bits per heavy atom. The average Bonchev–Trinajstić information content (AvgIpc) is 3.70. The van der Waals surface area contributed by atoms with E-state index in [2.05, 4.69) is 25.9 Å². The largest absolute Gasteiger partial charge is 0.390 e. The van der Waals surface area contributed by atoms with Gasteiger partial charge in [0.05, 0.1) is 30.6 Å². The summed E-state index contributed by atoms with van der Waals surface area (Å²) in [7, 11) is 0. The van der Waals surface area contributed by atoms with Crippen LogP contribution in [0.3, 0.4) is 0 Å². The molecular weight excluding hydrogens is 709 g/mol. The van der Waals surface area contributed by atoms with Crippen molar-refractivity contribution in [2.45, 2.75) is 96.9 Å². The first-order valence-electron chi connectivity index (χ1n) is 19.4. The number of aryl methyl sites for hydroxylation is 1. The lowest BCUT2D eigenvalue weighted by Crippen LogP contribution is -2.56. The number of nitrogens with one attached hydrogen (secondary N) is 4. The molecule has 0 saturated carbocycles. The minimum absolute atomic E-state index is 0.00229. The molecule has 5 N–H and O–H groups in total. The zero-order chi connectivity index (χ0) is 40.5. The number of aliphatic hydroxyl groups excluding tert-OH is 1. The summed E-state index contributed by atoms with van der Waals surface area (Å²) >= 11 is 0. The highest BCUT2D eigenvalue weighted by Gasteiger charge is 2.34. The number of hydrogen-bond acceptors (Lipinski definition) is 7. The molecule has 4 rings (SSSR count). The van der Waals surface area contributed by atoms with Gasteiger partial charge in [-0.1, -0.05) is 107 Å². The number of nitrogens with zero attached hydrogens (tertiary/aromatic N) is 2. The smallest absolute Gasteiger partial charge is 0.257 e. The lowest BCUT2D eigenvalue weighted by Gasteiger charge is -2.34. The van der Waals surface area contributed by atoms with E-state index < -0.39 is 54.3 Å². The number of imide groups is 1. The van der Waals surface area contributed by atoms with Crippen molar-refractivity contribution in [1.29, 1.82) is 0 Å². The first kappa shape index (κ1) is 43.1. The highest BCUT2D eigenvalue weighted by Crippen LogP contribution is 2.17. The fraction of sp³-hybridized carbons (Fsp3) is 0.409. The SMILES string of the molecule is CC(C)C[C@H](NC(=O)C[C@H](O)[C@H](CC(C)C)NC(=O)[C@H](Cc1c[nH]cn1)N(CCc1ccccc1)C(=O)CCc1ccccc1)C(=O)NC(=O)c1ccccc1. The van der Waals surface area contributed by atoms with Gasteiger partial charge >= 0.3 is 0 Å². The van der Waals surface area contributed by atoms with E-state index in [0.717, 1.165) is 11.1 Å². The van der Waals surface area contributed by atoms with Crippen LogP contribution in [0.15, 0.2) is 104 Å². The van der Waals surface area contributed by atoms with E-state index in [1.807, 2.05) is 88.4 Å². The Balaban J connectivity index is 1.52. The molecule has 1 heterocycles. The molecule has 0 radical (unpaired) electrons. The number of hydrogen-bond donors (Lipinski definition) is 5. The van der Waals surface area contributed by atoms with Crippen LogP contribution in [0.2, 0.25) is 0 Å². The summed E-state index contributed by atoms with van der Waals surface area (Å²) in [4.78, 5) is 76.8. The topological polar surface area (TPSA) is 174 Å². The third kappa shape index (κ3) is 14.2. The molecule has 4 aromatic rings. The Kier molecular flexibility index (Phi) is 17.0. The number of amides is 5. The van der Waals surface area contributed by atoms with Crippen molar-refractivity contribution in [3.05, 3.63) is 126 Å². The Morgan fingerprint density at radius 1 is 0.750 bits per heavy atom. The molecule has 0 aliphatic rings. The lowest BCUT2D eigenvalue weighted by atomic mass is 9.95. The quantitative estimate of drug-likeness (QED) is 0.0811. The number of carbonyl (C=O) groups is 5. The van der Waals surface area contributed by atoms with Crippen LogP contribution in [-0.2, 0) is 38.4 Å². The third-order valence-corrected chi connectivity index (χ3v) is 9.45. The van der Waals surface area contributed by atoms with Crippen LogP contribution in [-0.4, -0.2) is 80.3 Å². The number of rotatable bonds is 21. The van der Waals surface area contributed by atoms with Gasteiger partial charge in [0.15, 0.2) is 0 Å². The minimum Gasteiger partial charge on any atom is -0.390 e. The maximum atomic E-state index is 14.5. The molecule has 0 bridgehead atoms. The monoisotopic (exact) mass is 764 g/mol. The van der Waals surface area contributed by atoms with Crippen molar-refractivity contribution >= 4 is 29.5 Å². The van der Waals surface area contributed by atoms with E-state index in [4.69, 9.17) is 0 Å². The van der Waals surface area contributed by atoms with E-state index in [9.17, 15) is 29.1 Å². The normalized spacial score (nSPS) is 13.3. The van der Waals surface area contributed by atoms with Crippen molar-refractivity contribution in [2.75, 3.05) is 6.54 Å². The molecule has 0 spiro atoms. The molecule has 56 heavy (non-hydrogen) atoms. The van der Waals surface area contributed by atoms with E-state index in [1.165, 1.54) is 6.33 Å². The fourth-order valence-electron chi connectivity index (χ4n) is 6.58. The second kappa shape index (κ2) is 22.1. The van der Waals surface area contributed by atoms with Gasteiger partial charge < -0.3 is 25.6 Å². The number of imidazole rings is 1. The summed E-state index contributed by atoms with van der Waals surface area (Å²) in [5.74, 6) is -2.50. The molecule has 3 aromatic carbocycles. The van der Waals surface area contributed by atoms with Crippen LogP contribution < -0.4 is 16.0 Å². The van der Waals surface area contributed by atoms with Gasteiger partial charge in [-0.25, -0.2) is 4.98 Å². The van der Waals surface area contributed by atoms with Crippen LogP contribution in [0.1, 0.15) is 80.6 Å². The highest BCUT2D eigenvalue weighted by molar-refractivity contribution is 6.06. The average molecular weight is 765 g/mol. The molecule has 12 nitrogen and oxygen atoms in total. The second-order valence-electron chi connectivity index (χ2n) is 15.0. The Bertz CT molecular complexity index is 1820. The van der Waals surface area contributed by atoms with Crippen LogP contribution in [0.25, 0.3) is 0 Å². The van der Waals surface area contributed by atoms with E-state index in [0.29, 0.717) is 30.5 Å². The molecule has 298 valence electrons. The van der Waals surface area contributed by atoms with Crippen LogP contribution in [0.5, 0.6) is 0 Å². The number of aromatic nitrogens is 2. The maximum absolute atomic E-state index is 14.5. The zero-order valence-corrected chi connectivity index (χ0v) is 32.8. The van der Waals surface area contributed by atoms with E-state index in [1.54, 1.807) is 41.4 Å². The van der Waals surface area contributed by atoms with Crippen molar-refractivity contribution < 1.29 is 29.1 Å². The van der Waals surface area contributed by atoms with Crippen molar-refractivity contribution in [1.82, 2.24) is 30.8 Å². The van der Waals surface area contributed by atoms with Gasteiger partial charge in [0, 0.05) is 31.1 Å². The van der Waals surface area contributed by atoms with Crippen LogP contribution in [0.4, 0.5) is 0 Å². The van der Waals surface area contributed by atoms with Gasteiger partial charge in [-0.3, -0.25) is 29.3 Å². The molecule has 0 unspecified atom stereocenters. The Morgan fingerprint density at radius 2 is 1.34 bits per heavy atom. The summed E-state index contributed by atoms with van der Waals surface area (Å²) in [6.45, 7) is 7.94. The second-order valence-corrected chi connectivity index (χ2v) is 15.0. The molecule has 4 atom stereocenters. The molecule has 0 fully saturated rings. The standard InChI is InChI=1S/C44H56N6O6/c1-30(2)24-36(39(51)27-40(52)47-37(25-31(3)4)43(55)49-42(54)34-18-12-7-13-19-34)48-44(56)38(26-35-28-45-29-46-35)50(23-22-33-16-10-6-11-17-33)41(53)21-20-32-14-8-5-9-15-32/h5-19,28-31,36-39,51H,20-27H2,1-4H3,(H,45,46)(H,47,52)(H,48,56)(H,49,54,55)/t36-,37-,38-,39-/m0/s1. The van der Waals surface area contributed by atoms with Crippen LogP contribution in [0, 0.1) is 11.8 Å². The molecular formula is C44H56N6O6. The van der Waals surface area contributed by atoms with Crippen molar-refractivity contribution in [3.63, 3.8) is 0 Å². The van der Waals surface area contributed by atoms with Gasteiger partial charge in [-0.15, -0.1) is 0 Å². The van der Waals surface area contributed by atoms with E-state index >= 15 is 0 Å². The first-order chi connectivity index (χ1) is 26.9. The number of carbonyl (C=O) groups excluding carboxylic acids is 5. The van der Waals surface area contributed by atoms with Gasteiger partial charge in [-0.05, 0) is 60.8 Å². The number of aromatic amines is 1.